The molecule has 0 amide bonds. The van der Waals surface area contributed by atoms with Crippen molar-refractivity contribution in [1.82, 2.24) is 0 Å². The van der Waals surface area contributed by atoms with Crippen molar-refractivity contribution < 1.29 is 17.9 Å². The number of sulfonamides is 1. The number of aliphatic hydroxyl groups excluding tert-OH is 1. The number of nitrogens with zero attached hydrogens (tertiary/aromatic N) is 1. The molecule has 102 valence electrons. The van der Waals surface area contributed by atoms with Crippen LogP contribution in [0.15, 0.2) is 23.1 Å². The third-order valence-electron chi connectivity index (χ3n) is 2.90. The molecule has 0 saturated carbocycles. The predicted molar refractivity (Wildman–Crippen MR) is 67.3 cm³/mol. The highest BCUT2D eigenvalue weighted by Crippen LogP contribution is 2.26. The van der Waals surface area contributed by atoms with Gasteiger partial charge in [-0.05, 0) is 32.0 Å². The van der Waals surface area contributed by atoms with Gasteiger partial charge >= 0.3 is 0 Å². The van der Waals surface area contributed by atoms with Gasteiger partial charge in [0.1, 0.15) is 5.82 Å². The summed E-state index contributed by atoms with van der Waals surface area (Å²) in [5.41, 5.74) is -0.467. The fraction of sp³-hybridized carbons (Fsp3) is 0.455. The molecule has 0 aliphatic rings. The molecule has 0 spiro atoms. The largest absolute Gasteiger partial charge is 0.394 e. The van der Waals surface area contributed by atoms with Crippen LogP contribution in [0.5, 0.6) is 0 Å². The van der Waals surface area contributed by atoms with Crippen LogP contribution in [0.1, 0.15) is 13.8 Å². The quantitative estimate of drug-likeness (QED) is 0.847. The van der Waals surface area contributed by atoms with E-state index in [1.165, 1.54) is 17.0 Å². The fourth-order valence-corrected chi connectivity index (χ4v) is 1.89. The lowest BCUT2D eigenvalue weighted by Crippen LogP contribution is -2.44. The highest BCUT2D eigenvalue weighted by molar-refractivity contribution is 7.89. The van der Waals surface area contributed by atoms with Gasteiger partial charge < -0.3 is 10.0 Å². The van der Waals surface area contributed by atoms with Gasteiger partial charge in [-0.25, -0.2) is 17.9 Å². The second-order valence-electron chi connectivity index (χ2n) is 4.69. The number of anilines is 1. The molecule has 1 aromatic rings. The van der Waals surface area contributed by atoms with Crippen LogP contribution in [0, 0.1) is 5.82 Å². The number of hydrogen-bond acceptors (Lipinski definition) is 4. The van der Waals surface area contributed by atoms with Crippen molar-refractivity contribution in [2.45, 2.75) is 24.3 Å². The lowest BCUT2D eigenvalue weighted by Gasteiger charge is -2.36. The van der Waals surface area contributed by atoms with Crippen LogP contribution in [0.2, 0.25) is 0 Å². The van der Waals surface area contributed by atoms with Gasteiger partial charge in [-0.1, -0.05) is 0 Å². The third kappa shape index (κ3) is 2.98. The maximum absolute atomic E-state index is 13.9. The second-order valence-corrected chi connectivity index (χ2v) is 6.25. The highest BCUT2D eigenvalue weighted by Gasteiger charge is 2.25. The van der Waals surface area contributed by atoms with Crippen LogP contribution in [-0.4, -0.2) is 32.7 Å². The van der Waals surface area contributed by atoms with E-state index in [9.17, 15) is 17.9 Å². The Bertz CT molecular complexity index is 543. The van der Waals surface area contributed by atoms with Crippen molar-refractivity contribution in [2.75, 3.05) is 18.6 Å². The van der Waals surface area contributed by atoms with E-state index in [0.717, 1.165) is 6.07 Å². The van der Waals surface area contributed by atoms with Gasteiger partial charge in [-0.15, -0.1) is 0 Å². The first-order chi connectivity index (χ1) is 8.09. The topological polar surface area (TPSA) is 83.6 Å². The number of primary sulfonamides is 1. The molecule has 0 aliphatic heterocycles. The van der Waals surface area contributed by atoms with Crippen LogP contribution >= 0.6 is 0 Å². The summed E-state index contributed by atoms with van der Waals surface area (Å²) in [6, 6.07) is 3.43. The van der Waals surface area contributed by atoms with E-state index in [2.05, 4.69) is 0 Å². The Morgan fingerprint density at radius 3 is 2.39 bits per heavy atom. The van der Waals surface area contributed by atoms with E-state index in [0.29, 0.717) is 0 Å². The molecule has 1 rings (SSSR count). The van der Waals surface area contributed by atoms with Crippen molar-refractivity contribution in [3.05, 3.63) is 24.0 Å². The molecule has 7 heteroatoms. The van der Waals surface area contributed by atoms with Gasteiger partial charge in [-0.3, -0.25) is 0 Å². The summed E-state index contributed by atoms with van der Waals surface area (Å²) < 4.78 is 36.0. The smallest absolute Gasteiger partial charge is 0.238 e. The minimum atomic E-state index is -3.92. The Morgan fingerprint density at radius 1 is 1.44 bits per heavy atom. The van der Waals surface area contributed by atoms with Crippen molar-refractivity contribution in [1.29, 1.82) is 0 Å². The average Bonchev–Trinajstić information content (AvgIpc) is 2.26. The van der Waals surface area contributed by atoms with E-state index in [-0.39, 0.29) is 17.2 Å². The van der Waals surface area contributed by atoms with Gasteiger partial charge in [0.2, 0.25) is 10.0 Å². The predicted octanol–water partition coefficient (Wildman–Crippen LogP) is 0.680. The van der Waals surface area contributed by atoms with Gasteiger partial charge in [0, 0.05) is 7.05 Å². The molecule has 0 aromatic heterocycles. The van der Waals surface area contributed by atoms with E-state index < -0.39 is 21.4 Å². The molecule has 0 heterocycles. The van der Waals surface area contributed by atoms with Crippen LogP contribution in [-0.2, 0) is 10.0 Å². The van der Waals surface area contributed by atoms with E-state index >= 15 is 0 Å². The van der Waals surface area contributed by atoms with Gasteiger partial charge in [0.25, 0.3) is 0 Å². The number of halogens is 1. The van der Waals surface area contributed by atoms with E-state index in [4.69, 9.17) is 5.14 Å². The molecule has 0 saturated heterocycles. The lowest BCUT2D eigenvalue weighted by atomic mass is 10.0. The van der Waals surface area contributed by atoms with Crippen LogP contribution in [0.3, 0.4) is 0 Å². The number of aliphatic hydroxyl groups is 1. The number of benzene rings is 1. The minimum Gasteiger partial charge on any atom is -0.394 e. The van der Waals surface area contributed by atoms with Crippen LogP contribution < -0.4 is 10.0 Å². The standard InChI is InChI=1S/C11H17FN2O3S/c1-11(2,7-15)14(3)10-5-4-8(6-9(10)12)18(13,16)17/h4-6,15H,7H2,1-3H3,(H2,13,16,17). The summed E-state index contributed by atoms with van der Waals surface area (Å²) in [5.74, 6) is -0.703. The molecule has 0 atom stereocenters. The Kier molecular flexibility index (Phi) is 3.99. The first-order valence-corrected chi connectivity index (χ1v) is 6.81. The van der Waals surface area contributed by atoms with Crippen molar-refractivity contribution in [3.8, 4) is 0 Å². The SMILES string of the molecule is CN(c1ccc(S(N)(=O)=O)cc1F)C(C)(C)CO. The first kappa shape index (κ1) is 14.9. The first-order valence-electron chi connectivity index (χ1n) is 5.26. The molecule has 0 bridgehead atoms. The van der Waals surface area contributed by atoms with Crippen LogP contribution in [0.4, 0.5) is 10.1 Å². The summed E-state index contributed by atoms with van der Waals surface area (Å²) in [5, 5.41) is 14.1. The highest BCUT2D eigenvalue weighted by atomic mass is 32.2. The summed E-state index contributed by atoms with van der Waals surface area (Å²) in [4.78, 5) is 1.26. The molecule has 0 unspecified atom stereocenters. The molecule has 0 aliphatic carbocycles. The molecule has 18 heavy (non-hydrogen) atoms. The minimum absolute atomic E-state index is 0.167. The Labute approximate surface area is 106 Å². The molecule has 0 radical (unpaired) electrons. The summed E-state index contributed by atoms with van der Waals surface area (Å²) in [6.45, 7) is 3.31. The van der Waals surface area contributed by atoms with Gasteiger partial charge in [0.05, 0.1) is 22.7 Å². The zero-order valence-corrected chi connectivity index (χ0v) is 11.3. The van der Waals surface area contributed by atoms with E-state index in [1.807, 2.05) is 0 Å². The summed E-state index contributed by atoms with van der Waals surface area (Å²) in [6.07, 6.45) is 0. The van der Waals surface area contributed by atoms with Crippen LogP contribution in [0.25, 0.3) is 0 Å². The Hall–Kier alpha value is -1.18. The van der Waals surface area contributed by atoms with Gasteiger partial charge in [0.15, 0.2) is 0 Å². The van der Waals surface area contributed by atoms with Crippen molar-refractivity contribution >= 4 is 15.7 Å². The molecular weight excluding hydrogens is 259 g/mol. The molecule has 5 nitrogen and oxygen atoms in total. The lowest BCUT2D eigenvalue weighted by molar-refractivity contribution is 0.215. The second kappa shape index (κ2) is 4.83. The van der Waals surface area contributed by atoms with E-state index in [1.54, 1.807) is 20.9 Å². The number of rotatable bonds is 4. The maximum Gasteiger partial charge on any atom is 0.238 e. The Morgan fingerprint density at radius 2 is 2.00 bits per heavy atom. The van der Waals surface area contributed by atoms with Gasteiger partial charge in [-0.2, -0.15) is 0 Å². The third-order valence-corrected chi connectivity index (χ3v) is 3.81. The fourth-order valence-electron chi connectivity index (χ4n) is 1.37. The number of likely N-dealkylation sites (N-methyl/N-ethyl adjacent to an activating group) is 1. The molecule has 3 N–H and O–H groups in total. The molecule has 1 aromatic carbocycles. The average molecular weight is 276 g/mol. The summed E-state index contributed by atoms with van der Waals surface area (Å²) in [7, 11) is -2.30. The zero-order chi connectivity index (χ0) is 14.1. The molecule has 0 fully saturated rings. The normalized spacial score (nSPS) is 12.6. The van der Waals surface area contributed by atoms with Crippen molar-refractivity contribution in [3.63, 3.8) is 0 Å². The number of nitrogens with two attached hydrogens (primary N) is 1. The zero-order valence-electron chi connectivity index (χ0n) is 10.5. The molecular formula is C11H17FN2O3S. The van der Waals surface area contributed by atoms with Crippen molar-refractivity contribution in [2.24, 2.45) is 5.14 Å². The summed E-state index contributed by atoms with van der Waals surface area (Å²) >= 11 is 0. The Balaban J connectivity index is 3.23. The number of hydrogen-bond donors (Lipinski definition) is 2. The maximum atomic E-state index is 13.9. The monoisotopic (exact) mass is 276 g/mol.